The Labute approximate surface area is 98.3 Å². The van der Waals surface area contributed by atoms with E-state index in [1.165, 1.54) is 12.1 Å². The highest BCUT2D eigenvalue weighted by Gasteiger charge is 2.06. The molecule has 0 unspecified atom stereocenters. The number of anilines is 1. The molecule has 2 aromatic rings. The summed E-state index contributed by atoms with van der Waals surface area (Å²) in [7, 11) is 0. The van der Waals surface area contributed by atoms with Crippen LogP contribution in [-0.4, -0.2) is 11.5 Å². The van der Waals surface area contributed by atoms with Gasteiger partial charge < -0.3 is 5.32 Å². The summed E-state index contributed by atoms with van der Waals surface area (Å²) in [5.74, 6) is -1.67. The normalized spacial score (nSPS) is 10.2. The Balaban J connectivity index is 1.93. The van der Waals surface area contributed by atoms with E-state index in [4.69, 9.17) is 0 Å². The van der Waals surface area contributed by atoms with Gasteiger partial charge in [-0.1, -0.05) is 6.07 Å². The van der Waals surface area contributed by atoms with Crippen LogP contribution in [0.1, 0.15) is 5.56 Å². The van der Waals surface area contributed by atoms with Crippen molar-refractivity contribution in [2.45, 2.75) is 6.42 Å². The number of aromatic nitrogens is 1. The van der Waals surface area contributed by atoms with Crippen LogP contribution in [0.25, 0.3) is 0 Å². The number of nitrogens with zero attached hydrogens (tertiary/aromatic N) is 1. The van der Waals surface area contributed by atoms with Crippen LogP contribution in [0.5, 0.6) is 0 Å². The summed E-state index contributed by atoms with van der Waals surface area (Å²) in [5.41, 5.74) is 1.29. The van der Waals surface area contributed by atoms with Crippen molar-refractivity contribution in [3.63, 3.8) is 0 Å². The Morgan fingerprint density at radius 2 is 1.82 bits per heavy atom. The van der Waals surface area contributed by atoms with E-state index in [1.54, 1.807) is 12.4 Å². The van der Waals surface area contributed by atoms with E-state index >= 15 is 0 Å². The lowest BCUT2D eigenvalue weighted by Gasteiger charge is -2.07. The SMILES string of the molecule is Fc1cccc(NCCc2ccncc2)c1F. The molecule has 2 rings (SSSR count). The van der Waals surface area contributed by atoms with E-state index in [-0.39, 0.29) is 5.69 Å². The van der Waals surface area contributed by atoms with Crippen LogP contribution >= 0.6 is 0 Å². The molecular weight excluding hydrogens is 222 g/mol. The maximum Gasteiger partial charge on any atom is 0.181 e. The fourth-order valence-electron chi connectivity index (χ4n) is 1.53. The molecule has 0 saturated heterocycles. The van der Waals surface area contributed by atoms with Crippen LogP contribution in [0.2, 0.25) is 0 Å². The zero-order valence-corrected chi connectivity index (χ0v) is 9.16. The number of nitrogens with one attached hydrogen (secondary N) is 1. The Morgan fingerprint density at radius 3 is 2.59 bits per heavy atom. The van der Waals surface area contributed by atoms with Gasteiger partial charge in [-0.15, -0.1) is 0 Å². The third kappa shape index (κ3) is 3.00. The second-order valence-corrected chi connectivity index (χ2v) is 3.63. The monoisotopic (exact) mass is 234 g/mol. The molecule has 0 amide bonds. The summed E-state index contributed by atoms with van der Waals surface area (Å²) < 4.78 is 26.2. The van der Waals surface area contributed by atoms with Crippen molar-refractivity contribution in [2.75, 3.05) is 11.9 Å². The summed E-state index contributed by atoms with van der Waals surface area (Å²) in [6, 6.07) is 7.88. The molecule has 1 aromatic heterocycles. The summed E-state index contributed by atoms with van der Waals surface area (Å²) in [6.07, 6.45) is 4.15. The van der Waals surface area contributed by atoms with Crippen molar-refractivity contribution in [1.82, 2.24) is 4.98 Å². The zero-order valence-electron chi connectivity index (χ0n) is 9.16. The number of benzene rings is 1. The van der Waals surface area contributed by atoms with E-state index < -0.39 is 11.6 Å². The quantitative estimate of drug-likeness (QED) is 0.879. The average molecular weight is 234 g/mol. The summed E-state index contributed by atoms with van der Waals surface area (Å²) in [4.78, 5) is 3.91. The molecule has 17 heavy (non-hydrogen) atoms. The highest BCUT2D eigenvalue weighted by atomic mass is 19.2. The first-order chi connectivity index (χ1) is 8.27. The van der Waals surface area contributed by atoms with E-state index in [9.17, 15) is 8.78 Å². The average Bonchev–Trinajstić information content (AvgIpc) is 2.36. The Kier molecular flexibility index (Phi) is 3.65. The van der Waals surface area contributed by atoms with Crippen molar-refractivity contribution < 1.29 is 8.78 Å². The van der Waals surface area contributed by atoms with Crippen LogP contribution in [-0.2, 0) is 6.42 Å². The van der Waals surface area contributed by atoms with Crippen LogP contribution in [0.3, 0.4) is 0 Å². The Morgan fingerprint density at radius 1 is 1.06 bits per heavy atom. The lowest BCUT2D eigenvalue weighted by atomic mass is 10.2. The van der Waals surface area contributed by atoms with Crippen molar-refractivity contribution in [3.05, 3.63) is 59.9 Å². The minimum Gasteiger partial charge on any atom is -0.382 e. The standard InChI is InChI=1S/C13H12F2N2/c14-11-2-1-3-12(13(11)15)17-9-6-10-4-7-16-8-5-10/h1-5,7-8,17H,6,9H2. The molecule has 1 N–H and O–H groups in total. The van der Waals surface area contributed by atoms with Crippen LogP contribution in [0, 0.1) is 11.6 Å². The fraction of sp³-hybridized carbons (Fsp3) is 0.154. The molecule has 0 atom stereocenters. The molecule has 4 heteroatoms. The van der Waals surface area contributed by atoms with Gasteiger partial charge in [0.1, 0.15) is 0 Å². The second kappa shape index (κ2) is 5.39. The number of rotatable bonds is 4. The maximum atomic E-state index is 13.3. The summed E-state index contributed by atoms with van der Waals surface area (Å²) >= 11 is 0. The third-order valence-corrected chi connectivity index (χ3v) is 2.43. The number of pyridine rings is 1. The van der Waals surface area contributed by atoms with Crippen LogP contribution < -0.4 is 5.32 Å². The largest absolute Gasteiger partial charge is 0.382 e. The van der Waals surface area contributed by atoms with Gasteiger partial charge in [0.2, 0.25) is 0 Å². The molecule has 0 aliphatic rings. The van der Waals surface area contributed by atoms with Crippen molar-refractivity contribution in [1.29, 1.82) is 0 Å². The smallest absolute Gasteiger partial charge is 0.181 e. The Hall–Kier alpha value is -1.97. The first kappa shape index (κ1) is 11.5. The van der Waals surface area contributed by atoms with E-state index in [2.05, 4.69) is 10.3 Å². The first-order valence-electron chi connectivity index (χ1n) is 5.34. The topological polar surface area (TPSA) is 24.9 Å². The van der Waals surface area contributed by atoms with E-state index in [1.807, 2.05) is 12.1 Å². The van der Waals surface area contributed by atoms with Crippen LogP contribution in [0.4, 0.5) is 14.5 Å². The number of hydrogen-bond acceptors (Lipinski definition) is 2. The maximum absolute atomic E-state index is 13.3. The number of hydrogen-bond donors (Lipinski definition) is 1. The molecule has 0 spiro atoms. The van der Waals surface area contributed by atoms with E-state index in [0.717, 1.165) is 18.1 Å². The first-order valence-corrected chi connectivity index (χ1v) is 5.34. The van der Waals surface area contributed by atoms with E-state index in [0.29, 0.717) is 6.54 Å². The minimum absolute atomic E-state index is 0.194. The van der Waals surface area contributed by atoms with Gasteiger partial charge in [0, 0.05) is 18.9 Å². The highest BCUT2D eigenvalue weighted by Crippen LogP contribution is 2.16. The van der Waals surface area contributed by atoms with Gasteiger partial charge in [0.15, 0.2) is 11.6 Å². The second-order valence-electron chi connectivity index (χ2n) is 3.63. The van der Waals surface area contributed by atoms with Crippen molar-refractivity contribution in [3.8, 4) is 0 Å². The van der Waals surface area contributed by atoms with Gasteiger partial charge in [0.25, 0.3) is 0 Å². The van der Waals surface area contributed by atoms with Gasteiger partial charge in [-0.25, -0.2) is 8.78 Å². The lowest BCUT2D eigenvalue weighted by Crippen LogP contribution is -2.07. The Bertz CT molecular complexity index is 486. The van der Waals surface area contributed by atoms with Gasteiger partial charge >= 0.3 is 0 Å². The van der Waals surface area contributed by atoms with Crippen LogP contribution in [0.15, 0.2) is 42.7 Å². The summed E-state index contributed by atoms with van der Waals surface area (Å²) in [5, 5.41) is 2.87. The molecule has 0 aliphatic carbocycles. The molecule has 2 nitrogen and oxygen atoms in total. The lowest BCUT2D eigenvalue weighted by molar-refractivity contribution is 0.511. The molecule has 0 radical (unpaired) electrons. The van der Waals surface area contributed by atoms with Gasteiger partial charge in [-0.2, -0.15) is 0 Å². The molecule has 88 valence electrons. The van der Waals surface area contributed by atoms with Crippen molar-refractivity contribution in [2.24, 2.45) is 0 Å². The van der Waals surface area contributed by atoms with Gasteiger partial charge in [-0.3, -0.25) is 4.98 Å². The molecule has 0 bridgehead atoms. The number of halogens is 2. The molecule has 0 saturated carbocycles. The van der Waals surface area contributed by atoms with Gasteiger partial charge in [-0.05, 0) is 36.2 Å². The fourth-order valence-corrected chi connectivity index (χ4v) is 1.53. The third-order valence-electron chi connectivity index (χ3n) is 2.43. The molecule has 1 heterocycles. The predicted molar refractivity (Wildman–Crippen MR) is 62.8 cm³/mol. The molecule has 1 aromatic carbocycles. The molecule has 0 aliphatic heterocycles. The molecular formula is C13H12F2N2. The molecule has 0 fully saturated rings. The minimum atomic E-state index is -0.834. The van der Waals surface area contributed by atoms with Crippen molar-refractivity contribution >= 4 is 5.69 Å². The predicted octanol–water partition coefficient (Wildman–Crippen LogP) is 3.01. The highest BCUT2D eigenvalue weighted by molar-refractivity contribution is 5.45. The van der Waals surface area contributed by atoms with Gasteiger partial charge in [0.05, 0.1) is 5.69 Å². The summed E-state index contributed by atoms with van der Waals surface area (Å²) in [6.45, 7) is 0.546. The zero-order chi connectivity index (χ0) is 12.1.